The number of hydrogen-bond donors (Lipinski definition) is 1. The van der Waals surface area contributed by atoms with Gasteiger partial charge in [-0.2, -0.15) is 0 Å². The van der Waals surface area contributed by atoms with Crippen molar-refractivity contribution in [2.24, 2.45) is 11.8 Å². The van der Waals surface area contributed by atoms with Gasteiger partial charge in [0.05, 0.1) is 12.2 Å². The molecule has 0 amide bonds. The van der Waals surface area contributed by atoms with E-state index in [2.05, 4.69) is 6.92 Å². The molecule has 0 saturated heterocycles. The molecule has 1 aliphatic carbocycles. The Morgan fingerprint density at radius 2 is 2.33 bits per heavy atom. The Morgan fingerprint density at radius 3 is 2.93 bits per heavy atom. The highest BCUT2D eigenvalue weighted by Gasteiger charge is 2.35. The Morgan fingerprint density at radius 1 is 1.53 bits per heavy atom. The normalized spacial score (nSPS) is 31.4. The van der Waals surface area contributed by atoms with Crippen molar-refractivity contribution in [2.75, 3.05) is 0 Å². The Labute approximate surface area is 89.1 Å². The summed E-state index contributed by atoms with van der Waals surface area (Å²) in [7, 11) is 0. The monoisotopic (exact) mass is 208 g/mol. The van der Waals surface area contributed by atoms with Crippen molar-refractivity contribution < 1.29 is 14.3 Å². The summed E-state index contributed by atoms with van der Waals surface area (Å²) in [4.78, 5) is 11.1. The first kappa shape index (κ1) is 10.3. The van der Waals surface area contributed by atoms with Crippen LogP contribution in [-0.2, 0) is 4.79 Å². The van der Waals surface area contributed by atoms with Crippen molar-refractivity contribution in [3.63, 3.8) is 0 Å². The molecular formula is C12H16O3. The van der Waals surface area contributed by atoms with Crippen molar-refractivity contribution in [1.29, 1.82) is 0 Å². The molecule has 0 spiro atoms. The number of carboxylic acid groups (broad SMARTS) is 1. The molecular weight excluding hydrogens is 192 g/mol. The number of aliphatic carboxylic acids is 1. The summed E-state index contributed by atoms with van der Waals surface area (Å²) in [6.07, 6.45) is 4.31. The third-order valence-corrected chi connectivity index (χ3v) is 3.34. The van der Waals surface area contributed by atoms with Crippen LogP contribution in [0.4, 0.5) is 0 Å². The highest BCUT2D eigenvalue weighted by molar-refractivity contribution is 5.71. The van der Waals surface area contributed by atoms with E-state index in [0.29, 0.717) is 5.92 Å². The largest absolute Gasteiger partial charge is 0.481 e. The lowest BCUT2D eigenvalue weighted by Gasteiger charge is -2.30. The number of hydrogen-bond acceptors (Lipinski definition) is 2. The Hall–Kier alpha value is -1.25. The maximum absolute atomic E-state index is 11.1. The van der Waals surface area contributed by atoms with E-state index >= 15 is 0 Å². The maximum atomic E-state index is 11.1. The van der Waals surface area contributed by atoms with Gasteiger partial charge in [-0.15, -0.1) is 0 Å². The molecule has 0 aliphatic heterocycles. The first-order valence-electron chi connectivity index (χ1n) is 5.44. The molecule has 0 radical (unpaired) electrons. The third-order valence-electron chi connectivity index (χ3n) is 3.34. The molecule has 3 nitrogen and oxygen atoms in total. The smallest absolute Gasteiger partial charge is 0.307 e. The van der Waals surface area contributed by atoms with Crippen LogP contribution in [0, 0.1) is 11.8 Å². The number of carbonyl (C=O) groups is 1. The lowest BCUT2D eigenvalue weighted by molar-refractivity contribution is -0.144. The lowest BCUT2D eigenvalue weighted by atomic mass is 9.73. The van der Waals surface area contributed by atoms with Gasteiger partial charge in [-0.05, 0) is 37.3 Å². The van der Waals surface area contributed by atoms with Crippen LogP contribution in [0.5, 0.6) is 0 Å². The quantitative estimate of drug-likeness (QED) is 0.813. The van der Waals surface area contributed by atoms with Gasteiger partial charge in [-0.1, -0.05) is 6.92 Å². The molecule has 1 fully saturated rings. The molecule has 0 bridgehead atoms. The lowest BCUT2D eigenvalue weighted by Crippen LogP contribution is -2.28. The van der Waals surface area contributed by atoms with Crippen LogP contribution in [0.3, 0.4) is 0 Å². The Bertz CT molecular complexity index is 329. The minimum absolute atomic E-state index is 0.0567. The average molecular weight is 208 g/mol. The van der Waals surface area contributed by atoms with E-state index in [4.69, 9.17) is 9.52 Å². The van der Waals surface area contributed by atoms with Crippen molar-refractivity contribution in [3.8, 4) is 0 Å². The summed E-state index contributed by atoms with van der Waals surface area (Å²) in [6.45, 7) is 2.17. The predicted molar refractivity (Wildman–Crippen MR) is 55.6 cm³/mol. The van der Waals surface area contributed by atoms with Crippen molar-refractivity contribution in [1.82, 2.24) is 0 Å². The first-order valence-corrected chi connectivity index (χ1v) is 5.44. The van der Waals surface area contributed by atoms with E-state index in [1.807, 2.05) is 12.1 Å². The molecule has 0 aromatic carbocycles. The molecule has 1 aromatic heterocycles. The van der Waals surface area contributed by atoms with Gasteiger partial charge in [0.15, 0.2) is 0 Å². The van der Waals surface area contributed by atoms with Crippen molar-refractivity contribution in [2.45, 2.75) is 32.1 Å². The van der Waals surface area contributed by atoms with Gasteiger partial charge in [0.25, 0.3) is 0 Å². The molecule has 3 atom stereocenters. The van der Waals surface area contributed by atoms with Crippen LogP contribution in [0.15, 0.2) is 22.8 Å². The first-order chi connectivity index (χ1) is 7.18. The van der Waals surface area contributed by atoms with Gasteiger partial charge in [0, 0.05) is 5.92 Å². The fraction of sp³-hybridized carbons (Fsp3) is 0.583. The zero-order valence-corrected chi connectivity index (χ0v) is 8.85. The molecule has 15 heavy (non-hydrogen) atoms. The van der Waals surface area contributed by atoms with Crippen LogP contribution in [0.2, 0.25) is 0 Å². The molecule has 3 unspecified atom stereocenters. The fourth-order valence-corrected chi connectivity index (χ4v) is 2.49. The molecule has 3 heteroatoms. The predicted octanol–water partition coefficient (Wildman–Crippen LogP) is 2.88. The summed E-state index contributed by atoms with van der Waals surface area (Å²) in [5.41, 5.74) is 0. The standard InChI is InChI=1S/C12H16O3/c1-8-4-5-9(12(13)14)10(7-8)11-3-2-6-15-11/h2-3,6,8-10H,4-5,7H2,1H3,(H,13,14). The van der Waals surface area contributed by atoms with Crippen molar-refractivity contribution in [3.05, 3.63) is 24.2 Å². The van der Waals surface area contributed by atoms with E-state index in [1.165, 1.54) is 0 Å². The summed E-state index contributed by atoms with van der Waals surface area (Å²) < 4.78 is 5.34. The summed E-state index contributed by atoms with van der Waals surface area (Å²) in [6, 6.07) is 3.71. The zero-order chi connectivity index (χ0) is 10.8. The van der Waals surface area contributed by atoms with E-state index < -0.39 is 5.97 Å². The molecule has 1 heterocycles. The number of rotatable bonds is 2. The van der Waals surface area contributed by atoms with Crippen LogP contribution >= 0.6 is 0 Å². The highest BCUT2D eigenvalue weighted by atomic mass is 16.4. The maximum Gasteiger partial charge on any atom is 0.307 e. The van der Waals surface area contributed by atoms with E-state index in [9.17, 15) is 4.79 Å². The summed E-state index contributed by atoms with van der Waals surface area (Å²) in [5, 5.41) is 9.15. The molecule has 82 valence electrons. The van der Waals surface area contributed by atoms with Gasteiger partial charge in [0.2, 0.25) is 0 Å². The van der Waals surface area contributed by atoms with E-state index in [1.54, 1.807) is 6.26 Å². The molecule has 1 N–H and O–H groups in total. The van der Waals surface area contributed by atoms with Crippen LogP contribution in [0.1, 0.15) is 37.9 Å². The molecule has 2 rings (SSSR count). The average Bonchev–Trinajstić information content (AvgIpc) is 2.69. The number of furan rings is 1. The second-order valence-electron chi connectivity index (χ2n) is 4.48. The fourth-order valence-electron chi connectivity index (χ4n) is 2.49. The second kappa shape index (κ2) is 4.09. The minimum atomic E-state index is -0.691. The number of carboxylic acids is 1. The van der Waals surface area contributed by atoms with Gasteiger partial charge in [-0.25, -0.2) is 0 Å². The zero-order valence-electron chi connectivity index (χ0n) is 8.85. The highest BCUT2D eigenvalue weighted by Crippen LogP contribution is 2.40. The molecule has 1 aliphatic rings. The Balaban J connectivity index is 2.20. The van der Waals surface area contributed by atoms with Crippen molar-refractivity contribution >= 4 is 5.97 Å². The van der Waals surface area contributed by atoms with E-state index in [-0.39, 0.29) is 11.8 Å². The van der Waals surface area contributed by atoms with Gasteiger partial charge in [-0.3, -0.25) is 4.79 Å². The van der Waals surface area contributed by atoms with Crippen LogP contribution in [-0.4, -0.2) is 11.1 Å². The minimum Gasteiger partial charge on any atom is -0.481 e. The second-order valence-corrected chi connectivity index (χ2v) is 4.48. The van der Waals surface area contributed by atoms with Gasteiger partial charge in [0.1, 0.15) is 5.76 Å². The Kier molecular flexibility index (Phi) is 2.80. The van der Waals surface area contributed by atoms with E-state index in [0.717, 1.165) is 25.0 Å². The topological polar surface area (TPSA) is 50.4 Å². The SMILES string of the molecule is CC1CCC(C(=O)O)C(c2ccco2)C1. The molecule has 1 saturated carbocycles. The van der Waals surface area contributed by atoms with Gasteiger partial charge >= 0.3 is 5.97 Å². The third kappa shape index (κ3) is 2.06. The molecule has 1 aromatic rings. The summed E-state index contributed by atoms with van der Waals surface area (Å²) >= 11 is 0. The summed E-state index contributed by atoms with van der Waals surface area (Å²) in [5.74, 6) is 0.515. The van der Waals surface area contributed by atoms with Crippen LogP contribution in [0.25, 0.3) is 0 Å². The van der Waals surface area contributed by atoms with Gasteiger partial charge < -0.3 is 9.52 Å². The van der Waals surface area contributed by atoms with Crippen LogP contribution < -0.4 is 0 Å².